The molecule has 0 bridgehead atoms. The van der Waals surface area contributed by atoms with Gasteiger partial charge in [0.15, 0.2) is 5.13 Å². The molecule has 0 radical (unpaired) electrons. The van der Waals surface area contributed by atoms with Gasteiger partial charge in [-0.05, 0) is 31.0 Å². The standard InChI is InChI=1S/C17H18Cl2N2O2S.Na/c18-11-5-6-13(14(19)9-11)15-10-24-17(20-15)21(8-7-16(22)23)12-3-1-2-4-12;/h5-6,9-10,12H,1-4,7-8H2,(H,22,23);/q;+1/p-1. The Labute approximate surface area is 183 Å². The second kappa shape index (κ2) is 9.58. The molecule has 0 aliphatic heterocycles. The Bertz CT molecular complexity index is 735. The van der Waals surface area contributed by atoms with E-state index in [1.165, 1.54) is 24.2 Å². The summed E-state index contributed by atoms with van der Waals surface area (Å²) in [5, 5.41) is 14.8. The van der Waals surface area contributed by atoms with Crippen LogP contribution in [0.4, 0.5) is 5.13 Å². The maximum Gasteiger partial charge on any atom is 1.00 e. The monoisotopic (exact) mass is 406 g/mol. The Morgan fingerprint density at radius 1 is 1.32 bits per heavy atom. The fourth-order valence-electron chi connectivity index (χ4n) is 3.08. The molecular weight excluding hydrogens is 390 g/mol. The van der Waals surface area contributed by atoms with Crippen LogP contribution in [0.5, 0.6) is 0 Å². The van der Waals surface area contributed by atoms with Gasteiger partial charge in [-0.3, -0.25) is 0 Å². The first kappa shape index (κ1) is 21.0. The van der Waals surface area contributed by atoms with Gasteiger partial charge in [0.25, 0.3) is 0 Å². The molecule has 0 spiro atoms. The van der Waals surface area contributed by atoms with Gasteiger partial charge in [0, 0.05) is 40.9 Å². The summed E-state index contributed by atoms with van der Waals surface area (Å²) in [6.45, 7) is 0.425. The van der Waals surface area contributed by atoms with Gasteiger partial charge in [0.1, 0.15) is 0 Å². The smallest absolute Gasteiger partial charge is 0.550 e. The summed E-state index contributed by atoms with van der Waals surface area (Å²) in [6.07, 6.45) is 4.50. The van der Waals surface area contributed by atoms with Crippen molar-refractivity contribution < 1.29 is 39.5 Å². The van der Waals surface area contributed by atoms with Gasteiger partial charge < -0.3 is 14.8 Å². The van der Waals surface area contributed by atoms with Crippen LogP contribution in [0.1, 0.15) is 32.1 Å². The largest absolute Gasteiger partial charge is 1.00 e. The normalized spacial score (nSPS) is 14.3. The molecule has 1 aliphatic carbocycles. The molecule has 8 heteroatoms. The predicted octanol–water partition coefficient (Wildman–Crippen LogP) is 1.01. The zero-order valence-electron chi connectivity index (χ0n) is 14.0. The number of hydrogen-bond acceptors (Lipinski definition) is 5. The molecule has 1 heterocycles. The number of thiazole rings is 1. The minimum atomic E-state index is -1.03. The van der Waals surface area contributed by atoms with Gasteiger partial charge in [0.2, 0.25) is 0 Å². The maximum absolute atomic E-state index is 10.9. The molecule has 0 amide bonds. The van der Waals surface area contributed by atoms with Crippen molar-refractivity contribution in [1.29, 1.82) is 0 Å². The predicted molar refractivity (Wildman–Crippen MR) is 96.8 cm³/mol. The molecule has 0 saturated heterocycles. The Morgan fingerprint density at radius 3 is 2.68 bits per heavy atom. The van der Waals surface area contributed by atoms with Crippen molar-refractivity contribution in [2.24, 2.45) is 0 Å². The van der Waals surface area contributed by atoms with Gasteiger partial charge in [-0.1, -0.05) is 36.0 Å². The van der Waals surface area contributed by atoms with Gasteiger partial charge in [-0.25, -0.2) is 4.98 Å². The average Bonchev–Trinajstić information content (AvgIpc) is 3.19. The summed E-state index contributed by atoms with van der Waals surface area (Å²) in [4.78, 5) is 17.7. The van der Waals surface area contributed by atoms with Gasteiger partial charge in [0.05, 0.1) is 10.7 Å². The number of carboxylic acid groups (broad SMARTS) is 1. The van der Waals surface area contributed by atoms with E-state index in [-0.39, 0.29) is 36.0 Å². The van der Waals surface area contributed by atoms with Crippen LogP contribution < -0.4 is 39.6 Å². The van der Waals surface area contributed by atoms with Crippen LogP contribution in [0, 0.1) is 0 Å². The topological polar surface area (TPSA) is 56.3 Å². The number of carbonyl (C=O) groups is 1. The van der Waals surface area contributed by atoms with Crippen molar-refractivity contribution in [3.8, 4) is 11.3 Å². The van der Waals surface area contributed by atoms with Crippen molar-refractivity contribution in [1.82, 2.24) is 4.98 Å². The number of hydrogen-bond donors (Lipinski definition) is 0. The van der Waals surface area contributed by atoms with E-state index in [4.69, 9.17) is 28.2 Å². The van der Waals surface area contributed by atoms with E-state index in [9.17, 15) is 9.90 Å². The van der Waals surface area contributed by atoms with E-state index in [1.807, 2.05) is 11.4 Å². The first-order chi connectivity index (χ1) is 11.5. The van der Waals surface area contributed by atoms with E-state index in [0.717, 1.165) is 29.2 Å². The zero-order chi connectivity index (χ0) is 17.1. The van der Waals surface area contributed by atoms with E-state index in [2.05, 4.69) is 4.90 Å². The van der Waals surface area contributed by atoms with E-state index in [1.54, 1.807) is 12.1 Å². The van der Waals surface area contributed by atoms with Crippen LogP contribution in [0.25, 0.3) is 11.3 Å². The quantitative estimate of drug-likeness (QED) is 0.671. The number of benzene rings is 1. The van der Waals surface area contributed by atoms with Crippen molar-refractivity contribution in [3.05, 3.63) is 33.6 Å². The summed E-state index contributed by atoms with van der Waals surface area (Å²) in [5.74, 6) is -1.03. The SMILES string of the molecule is O=C([O-])CCN(c1nc(-c2ccc(Cl)cc2Cl)cs1)C1CCCC1.[Na+]. The van der Waals surface area contributed by atoms with Gasteiger partial charge in [-0.15, -0.1) is 11.3 Å². The molecule has 0 unspecified atom stereocenters. The number of nitrogens with zero attached hydrogens (tertiary/aromatic N) is 2. The molecule has 0 N–H and O–H groups in total. The molecule has 128 valence electrons. The summed E-state index contributed by atoms with van der Waals surface area (Å²) < 4.78 is 0. The first-order valence-corrected chi connectivity index (χ1v) is 9.55. The summed E-state index contributed by atoms with van der Waals surface area (Å²) in [6, 6.07) is 5.68. The Morgan fingerprint density at radius 2 is 2.04 bits per heavy atom. The van der Waals surface area contributed by atoms with Crippen LogP contribution in [0.15, 0.2) is 23.6 Å². The average molecular weight is 407 g/mol. The number of carboxylic acids is 1. The number of aliphatic carboxylic acids is 1. The molecule has 1 aromatic heterocycles. The zero-order valence-corrected chi connectivity index (χ0v) is 18.3. The second-order valence-electron chi connectivity index (χ2n) is 5.89. The minimum absolute atomic E-state index is 0. The Hall–Kier alpha value is -0.300. The number of aromatic nitrogens is 1. The third-order valence-corrected chi connectivity index (χ3v) is 5.69. The van der Waals surface area contributed by atoms with Crippen molar-refractivity contribution in [2.75, 3.05) is 11.4 Å². The van der Waals surface area contributed by atoms with Crippen molar-refractivity contribution >= 4 is 45.6 Å². The molecule has 1 aromatic carbocycles. The fourth-order valence-corrected chi connectivity index (χ4v) is 4.51. The Kier molecular flexibility index (Phi) is 8.05. The van der Waals surface area contributed by atoms with Crippen LogP contribution in [-0.2, 0) is 4.79 Å². The van der Waals surface area contributed by atoms with Crippen LogP contribution in [0.2, 0.25) is 10.0 Å². The molecular formula is C17H17Cl2N2NaO2S. The number of halogens is 2. The Balaban J connectivity index is 0.00000225. The van der Waals surface area contributed by atoms with Gasteiger partial charge in [-0.2, -0.15) is 0 Å². The third kappa shape index (κ3) is 5.34. The second-order valence-corrected chi connectivity index (χ2v) is 7.57. The van der Waals surface area contributed by atoms with Crippen LogP contribution in [-0.4, -0.2) is 23.5 Å². The molecule has 25 heavy (non-hydrogen) atoms. The molecule has 2 aromatic rings. The minimum Gasteiger partial charge on any atom is -0.550 e. The van der Waals surface area contributed by atoms with Crippen LogP contribution >= 0.6 is 34.5 Å². The van der Waals surface area contributed by atoms with E-state index >= 15 is 0 Å². The fraction of sp³-hybridized carbons (Fsp3) is 0.412. The summed E-state index contributed by atoms with van der Waals surface area (Å²) >= 11 is 13.7. The molecule has 3 rings (SSSR count). The van der Waals surface area contributed by atoms with Gasteiger partial charge >= 0.3 is 29.6 Å². The number of anilines is 1. The molecule has 0 atom stereocenters. The summed E-state index contributed by atoms with van der Waals surface area (Å²) in [5.41, 5.74) is 1.61. The number of rotatable bonds is 6. The molecule has 1 fully saturated rings. The third-order valence-electron chi connectivity index (χ3n) is 4.27. The van der Waals surface area contributed by atoms with Crippen molar-refractivity contribution in [3.63, 3.8) is 0 Å². The number of carbonyl (C=O) groups excluding carboxylic acids is 1. The van der Waals surface area contributed by atoms with Crippen LogP contribution in [0.3, 0.4) is 0 Å². The first-order valence-electron chi connectivity index (χ1n) is 7.92. The molecule has 1 saturated carbocycles. The van der Waals surface area contributed by atoms with E-state index < -0.39 is 5.97 Å². The maximum atomic E-state index is 10.9. The van der Waals surface area contributed by atoms with E-state index in [0.29, 0.717) is 22.6 Å². The van der Waals surface area contributed by atoms with Crippen molar-refractivity contribution in [2.45, 2.75) is 38.1 Å². The summed E-state index contributed by atoms with van der Waals surface area (Å²) in [7, 11) is 0. The molecule has 1 aliphatic rings. The molecule has 4 nitrogen and oxygen atoms in total.